The van der Waals surface area contributed by atoms with E-state index < -0.39 is 0 Å². The first-order valence-corrected chi connectivity index (χ1v) is 4.72. The average molecular weight is 177 g/mol. The molecule has 1 aliphatic heterocycles. The lowest BCUT2D eigenvalue weighted by Gasteiger charge is -2.03. The van der Waals surface area contributed by atoms with E-state index in [0.717, 1.165) is 18.7 Å². The van der Waals surface area contributed by atoms with Gasteiger partial charge in [-0.3, -0.25) is 0 Å². The van der Waals surface area contributed by atoms with Crippen molar-refractivity contribution in [1.29, 1.82) is 0 Å². The Morgan fingerprint density at radius 3 is 3.15 bits per heavy atom. The zero-order chi connectivity index (χ0) is 9.26. The van der Waals surface area contributed by atoms with Crippen molar-refractivity contribution in [3.63, 3.8) is 0 Å². The van der Waals surface area contributed by atoms with Gasteiger partial charge in [0, 0.05) is 13.0 Å². The summed E-state index contributed by atoms with van der Waals surface area (Å²) in [5.41, 5.74) is 2.68. The first kappa shape index (κ1) is 8.57. The van der Waals surface area contributed by atoms with E-state index in [1.807, 2.05) is 7.05 Å². The molecule has 1 N–H and O–H groups in total. The van der Waals surface area contributed by atoms with Gasteiger partial charge in [0.2, 0.25) is 0 Å². The van der Waals surface area contributed by atoms with Crippen LogP contribution >= 0.6 is 0 Å². The van der Waals surface area contributed by atoms with E-state index in [-0.39, 0.29) is 0 Å². The van der Waals surface area contributed by atoms with Crippen LogP contribution in [0.3, 0.4) is 0 Å². The minimum Gasteiger partial charge on any atom is -0.490 e. The normalized spacial score (nSPS) is 19.7. The van der Waals surface area contributed by atoms with Crippen molar-refractivity contribution in [2.24, 2.45) is 0 Å². The second-order valence-electron chi connectivity index (χ2n) is 3.60. The van der Waals surface area contributed by atoms with Crippen LogP contribution in [0, 0.1) is 0 Å². The Labute approximate surface area is 78.9 Å². The van der Waals surface area contributed by atoms with E-state index in [9.17, 15) is 0 Å². The van der Waals surface area contributed by atoms with E-state index in [1.165, 1.54) is 11.1 Å². The van der Waals surface area contributed by atoms with Gasteiger partial charge in [-0.25, -0.2) is 0 Å². The molecule has 0 spiro atoms. The molecule has 0 fully saturated rings. The largest absolute Gasteiger partial charge is 0.490 e. The maximum absolute atomic E-state index is 5.62. The summed E-state index contributed by atoms with van der Waals surface area (Å²) in [7, 11) is 1.96. The highest BCUT2D eigenvalue weighted by Crippen LogP contribution is 2.29. The third-order valence-electron chi connectivity index (χ3n) is 2.34. The lowest BCUT2D eigenvalue weighted by atomic mass is 10.1. The summed E-state index contributed by atoms with van der Waals surface area (Å²) >= 11 is 0. The highest BCUT2D eigenvalue weighted by Gasteiger charge is 2.18. The van der Waals surface area contributed by atoms with Gasteiger partial charge in [0.15, 0.2) is 0 Å². The summed E-state index contributed by atoms with van der Waals surface area (Å²) in [5.74, 6) is 1.06. The van der Waals surface area contributed by atoms with Crippen LogP contribution < -0.4 is 10.1 Å². The van der Waals surface area contributed by atoms with Crippen molar-refractivity contribution in [3.8, 4) is 5.75 Å². The second kappa shape index (κ2) is 3.38. The molecule has 2 heteroatoms. The number of fused-ring (bicyclic) bond motifs is 1. The molecule has 1 aromatic carbocycles. The van der Waals surface area contributed by atoms with Gasteiger partial charge in [0.05, 0.1) is 0 Å². The summed E-state index contributed by atoms with van der Waals surface area (Å²) in [6, 6.07) is 6.42. The summed E-state index contributed by atoms with van der Waals surface area (Å²) in [5, 5.41) is 3.15. The molecule has 1 atom stereocenters. The fourth-order valence-electron chi connectivity index (χ4n) is 1.79. The van der Waals surface area contributed by atoms with E-state index in [2.05, 4.69) is 30.4 Å². The average Bonchev–Trinajstić information content (AvgIpc) is 2.44. The fraction of sp³-hybridized carbons (Fsp3) is 0.455. The Morgan fingerprint density at radius 1 is 1.54 bits per heavy atom. The Bertz CT molecular complexity index is 309. The van der Waals surface area contributed by atoms with Crippen molar-refractivity contribution in [2.45, 2.75) is 26.0 Å². The van der Waals surface area contributed by atoms with Crippen LogP contribution in [0.2, 0.25) is 0 Å². The zero-order valence-electron chi connectivity index (χ0n) is 8.13. The first-order chi connectivity index (χ1) is 6.29. The van der Waals surface area contributed by atoms with Crippen LogP contribution in [0.25, 0.3) is 0 Å². The number of ether oxygens (including phenoxy) is 1. The maximum Gasteiger partial charge on any atom is 0.123 e. The lowest BCUT2D eigenvalue weighted by molar-refractivity contribution is 0.254. The van der Waals surface area contributed by atoms with Crippen molar-refractivity contribution < 1.29 is 4.74 Å². The molecule has 0 aliphatic carbocycles. The third kappa shape index (κ3) is 1.68. The van der Waals surface area contributed by atoms with E-state index in [1.54, 1.807) is 0 Å². The highest BCUT2D eigenvalue weighted by molar-refractivity contribution is 5.40. The molecule has 1 aromatic rings. The zero-order valence-corrected chi connectivity index (χ0v) is 8.13. The quantitative estimate of drug-likeness (QED) is 0.742. The van der Waals surface area contributed by atoms with Crippen molar-refractivity contribution in [1.82, 2.24) is 5.32 Å². The fourth-order valence-corrected chi connectivity index (χ4v) is 1.79. The van der Waals surface area contributed by atoms with Crippen molar-refractivity contribution in [3.05, 3.63) is 29.3 Å². The maximum atomic E-state index is 5.62. The van der Waals surface area contributed by atoms with Crippen LogP contribution in [0.1, 0.15) is 18.1 Å². The number of hydrogen-bond acceptors (Lipinski definition) is 2. The molecule has 0 unspecified atom stereocenters. The SMILES string of the molecule is CNCc1ccc2c(c1)C[C@H](C)O2. The minimum absolute atomic E-state index is 0.347. The minimum atomic E-state index is 0.347. The molecule has 2 nitrogen and oxygen atoms in total. The second-order valence-corrected chi connectivity index (χ2v) is 3.60. The molecule has 0 aromatic heterocycles. The Kier molecular flexibility index (Phi) is 2.23. The number of rotatable bonds is 2. The Hall–Kier alpha value is -1.02. The summed E-state index contributed by atoms with van der Waals surface area (Å²) < 4.78 is 5.62. The predicted molar refractivity (Wildman–Crippen MR) is 53.0 cm³/mol. The molecule has 0 amide bonds. The standard InChI is InChI=1S/C11H15NO/c1-8-5-10-6-9(7-12-2)3-4-11(10)13-8/h3-4,6,8,12H,5,7H2,1-2H3/t8-/m0/s1. The molecular weight excluding hydrogens is 162 g/mol. The van der Waals surface area contributed by atoms with Crippen LogP contribution in [0.15, 0.2) is 18.2 Å². The predicted octanol–water partition coefficient (Wildman–Crippen LogP) is 1.73. The topological polar surface area (TPSA) is 21.3 Å². The van der Waals surface area contributed by atoms with Crippen LogP contribution in [0.4, 0.5) is 0 Å². The van der Waals surface area contributed by atoms with Crippen molar-refractivity contribution in [2.75, 3.05) is 7.05 Å². The Morgan fingerprint density at radius 2 is 2.38 bits per heavy atom. The first-order valence-electron chi connectivity index (χ1n) is 4.72. The number of benzene rings is 1. The molecule has 0 saturated carbocycles. The van der Waals surface area contributed by atoms with Crippen molar-refractivity contribution >= 4 is 0 Å². The summed E-state index contributed by atoms with van der Waals surface area (Å²) in [6.07, 6.45) is 1.40. The third-order valence-corrected chi connectivity index (χ3v) is 2.34. The molecule has 1 heterocycles. The van der Waals surface area contributed by atoms with Crippen LogP contribution in [-0.2, 0) is 13.0 Å². The van der Waals surface area contributed by atoms with Gasteiger partial charge in [-0.2, -0.15) is 0 Å². The smallest absolute Gasteiger partial charge is 0.123 e. The van der Waals surface area contributed by atoms with Crippen LogP contribution in [0.5, 0.6) is 5.75 Å². The van der Waals surface area contributed by atoms with Gasteiger partial charge in [-0.1, -0.05) is 12.1 Å². The molecule has 2 rings (SSSR count). The monoisotopic (exact) mass is 177 g/mol. The van der Waals surface area contributed by atoms with E-state index in [0.29, 0.717) is 6.10 Å². The molecule has 13 heavy (non-hydrogen) atoms. The van der Waals surface area contributed by atoms with Gasteiger partial charge < -0.3 is 10.1 Å². The van der Waals surface area contributed by atoms with Gasteiger partial charge in [0.25, 0.3) is 0 Å². The summed E-state index contributed by atoms with van der Waals surface area (Å²) in [4.78, 5) is 0. The Balaban J connectivity index is 2.24. The lowest BCUT2D eigenvalue weighted by Crippen LogP contribution is -2.05. The molecular formula is C11H15NO. The van der Waals surface area contributed by atoms with Gasteiger partial charge in [0.1, 0.15) is 11.9 Å². The number of hydrogen-bond donors (Lipinski definition) is 1. The van der Waals surface area contributed by atoms with E-state index in [4.69, 9.17) is 4.74 Å². The molecule has 70 valence electrons. The van der Waals surface area contributed by atoms with Gasteiger partial charge >= 0.3 is 0 Å². The van der Waals surface area contributed by atoms with Crippen LogP contribution in [-0.4, -0.2) is 13.2 Å². The molecule has 0 saturated heterocycles. The van der Waals surface area contributed by atoms with Gasteiger partial charge in [-0.05, 0) is 31.2 Å². The highest BCUT2D eigenvalue weighted by atomic mass is 16.5. The molecule has 0 bridgehead atoms. The number of nitrogens with one attached hydrogen (secondary N) is 1. The summed E-state index contributed by atoms with van der Waals surface area (Å²) in [6.45, 7) is 3.04. The van der Waals surface area contributed by atoms with Gasteiger partial charge in [-0.15, -0.1) is 0 Å². The van der Waals surface area contributed by atoms with E-state index >= 15 is 0 Å². The molecule has 0 radical (unpaired) electrons. The molecule has 1 aliphatic rings.